The molecule has 2 aromatic carbocycles. The van der Waals surface area contributed by atoms with Crippen molar-refractivity contribution in [2.45, 2.75) is 0 Å². The van der Waals surface area contributed by atoms with Crippen molar-refractivity contribution in [1.29, 1.82) is 0 Å². The van der Waals surface area contributed by atoms with Crippen LogP contribution in [-0.4, -0.2) is 37.2 Å². The predicted molar refractivity (Wildman–Crippen MR) is 104 cm³/mol. The van der Waals surface area contributed by atoms with E-state index >= 15 is 0 Å². The van der Waals surface area contributed by atoms with E-state index in [0.717, 1.165) is 16.9 Å². The van der Waals surface area contributed by atoms with Crippen molar-refractivity contribution in [1.82, 2.24) is 24.1 Å². The van der Waals surface area contributed by atoms with Crippen molar-refractivity contribution in [3.05, 3.63) is 78.8 Å². The number of fused-ring (bicyclic) bond motifs is 3. The highest BCUT2D eigenvalue weighted by molar-refractivity contribution is 5.88. The van der Waals surface area contributed by atoms with Crippen molar-refractivity contribution in [3.63, 3.8) is 0 Å². The van der Waals surface area contributed by atoms with E-state index in [1.54, 1.807) is 15.3 Å². The summed E-state index contributed by atoms with van der Waals surface area (Å²) in [5.41, 5.74) is 3.92. The Bertz CT molecular complexity index is 1260. The molecule has 0 atom stereocenters. The molecule has 5 rings (SSSR count). The highest BCUT2D eigenvalue weighted by atomic mass is 16.5. The van der Waals surface area contributed by atoms with Crippen LogP contribution in [0.1, 0.15) is 10.6 Å². The highest BCUT2D eigenvalue weighted by Crippen LogP contribution is 2.29. The average molecular weight is 369 g/mol. The third-order valence-corrected chi connectivity index (χ3v) is 4.56. The summed E-state index contributed by atoms with van der Waals surface area (Å²) in [6.45, 7) is 0. The molecule has 3 aromatic rings. The lowest BCUT2D eigenvalue weighted by Gasteiger charge is -2.05. The van der Waals surface area contributed by atoms with Crippen molar-refractivity contribution < 1.29 is 9.53 Å². The molecular formula is C21H15N5O2. The number of hydrogen-bond acceptors (Lipinski definition) is 5. The molecule has 2 aliphatic heterocycles. The molecule has 0 N–H and O–H groups in total. The summed E-state index contributed by atoms with van der Waals surface area (Å²) >= 11 is 0. The van der Waals surface area contributed by atoms with Gasteiger partial charge in [-0.05, 0) is 18.2 Å². The van der Waals surface area contributed by atoms with E-state index in [2.05, 4.69) is 15.1 Å². The van der Waals surface area contributed by atoms with Crippen LogP contribution in [0.25, 0.3) is 34.1 Å². The second-order valence-corrected chi connectivity index (χ2v) is 6.23. The molecule has 2 aliphatic rings. The van der Waals surface area contributed by atoms with Gasteiger partial charge >= 0.3 is 5.97 Å². The number of methoxy groups -OCH3 is 1. The van der Waals surface area contributed by atoms with Gasteiger partial charge in [-0.2, -0.15) is 0 Å². The molecule has 0 amide bonds. The summed E-state index contributed by atoms with van der Waals surface area (Å²) in [7, 11) is 1.34. The summed E-state index contributed by atoms with van der Waals surface area (Å²) in [5, 5.41) is 4.50. The number of para-hydroxylation sites is 1. The Labute approximate surface area is 160 Å². The first-order chi connectivity index (χ1) is 13.8. The van der Waals surface area contributed by atoms with Crippen LogP contribution in [0.5, 0.6) is 0 Å². The van der Waals surface area contributed by atoms with Crippen molar-refractivity contribution >= 4 is 11.6 Å². The maximum Gasteiger partial charge on any atom is 0.376 e. The van der Waals surface area contributed by atoms with E-state index in [0.29, 0.717) is 17.2 Å². The fraction of sp³-hybridized carbons (Fsp3) is 0.0476. The van der Waals surface area contributed by atoms with Gasteiger partial charge in [-0.15, -0.1) is 5.10 Å². The number of benzene rings is 2. The quantitative estimate of drug-likeness (QED) is 0.455. The number of esters is 1. The van der Waals surface area contributed by atoms with Crippen LogP contribution in [0.3, 0.4) is 0 Å². The van der Waals surface area contributed by atoms with Crippen LogP contribution in [0, 0.1) is 0 Å². The van der Waals surface area contributed by atoms with E-state index in [9.17, 15) is 4.79 Å². The predicted octanol–water partition coefficient (Wildman–Crippen LogP) is 3.47. The van der Waals surface area contributed by atoms with E-state index in [1.807, 2.05) is 66.7 Å². The van der Waals surface area contributed by atoms with Gasteiger partial charge in [-0.25, -0.2) is 19.4 Å². The summed E-state index contributed by atoms with van der Waals surface area (Å²) in [4.78, 5) is 21.5. The number of carbonyl (C=O) groups is 1. The largest absolute Gasteiger partial charge is 0.463 e. The Morgan fingerprint density at radius 3 is 2.43 bits per heavy atom. The van der Waals surface area contributed by atoms with Gasteiger partial charge in [-0.3, -0.25) is 4.40 Å². The molecule has 0 radical (unpaired) electrons. The topological polar surface area (TPSA) is 74.3 Å². The smallest absolute Gasteiger partial charge is 0.376 e. The molecule has 0 saturated heterocycles. The van der Waals surface area contributed by atoms with Gasteiger partial charge in [0, 0.05) is 5.56 Å². The van der Waals surface area contributed by atoms with E-state index in [1.165, 1.54) is 7.11 Å². The lowest BCUT2D eigenvalue weighted by Crippen LogP contribution is -2.09. The zero-order valence-electron chi connectivity index (χ0n) is 15.0. The Hall–Kier alpha value is -4.00. The number of ether oxygens (including phenoxy) is 1. The third kappa shape index (κ3) is 2.44. The van der Waals surface area contributed by atoms with Gasteiger partial charge in [0.1, 0.15) is 0 Å². The normalized spacial score (nSPS) is 11.2. The molecule has 7 heteroatoms. The molecule has 0 spiro atoms. The minimum absolute atomic E-state index is 0.167. The zero-order chi connectivity index (χ0) is 19.1. The molecule has 0 saturated carbocycles. The lowest BCUT2D eigenvalue weighted by molar-refractivity contribution is 0.0585. The molecule has 136 valence electrons. The zero-order valence-corrected chi connectivity index (χ0v) is 15.0. The number of carbonyl (C=O) groups excluding carboxylic acids is 1. The molecular weight excluding hydrogens is 354 g/mol. The molecule has 7 nitrogen and oxygen atoms in total. The number of hydrogen-bond donors (Lipinski definition) is 0. The van der Waals surface area contributed by atoms with Gasteiger partial charge in [-0.1, -0.05) is 48.5 Å². The summed E-state index contributed by atoms with van der Waals surface area (Å²) in [6, 6.07) is 21.3. The SMILES string of the molecule is COC(=O)c1nn(-c2ccccc2)c2cnc3nc(-c4ccccc4)cc-3n12. The summed E-state index contributed by atoms with van der Waals surface area (Å²) in [5.74, 6) is 0.175. The van der Waals surface area contributed by atoms with Gasteiger partial charge < -0.3 is 4.74 Å². The maximum absolute atomic E-state index is 12.4. The van der Waals surface area contributed by atoms with E-state index in [4.69, 9.17) is 4.74 Å². The molecule has 1 aromatic heterocycles. The van der Waals surface area contributed by atoms with Crippen molar-refractivity contribution in [2.24, 2.45) is 0 Å². The molecule has 3 heterocycles. The fourth-order valence-electron chi connectivity index (χ4n) is 3.26. The Morgan fingerprint density at radius 2 is 1.71 bits per heavy atom. The van der Waals surface area contributed by atoms with Crippen molar-refractivity contribution in [3.8, 4) is 28.5 Å². The van der Waals surface area contributed by atoms with E-state index in [-0.39, 0.29) is 5.82 Å². The standard InChI is InChI=1S/C21H15N5O2/c1-28-21(27)20-24-26(15-10-6-3-7-11-15)18-13-22-19-17(25(18)20)12-16(23-19)14-8-4-2-5-9-14/h2-13H,1H3. The molecule has 0 aliphatic carbocycles. The van der Waals surface area contributed by atoms with Gasteiger partial charge in [0.05, 0.1) is 30.4 Å². The van der Waals surface area contributed by atoms with Crippen molar-refractivity contribution in [2.75, 3.05) is 7.11 Å². The fourth-order valence-corrected chi connectivity index (χ4v) is 3.26. The molecule has 0 fully saturated rings. The molecule has 0 unspecified atom stereocenters. The average Bonchev–Trinajstić information content (AvgIpc) is 3.36. The van der Waals surface area contributed by atoms with Gasteiger partial charge in [0.15, 0.2) is 11.5 Å². The van der Waals surface area contributed by atoms with Crippen LogP contribution in [-0.2, 0) is 4.74 Å². The van der Waals surface area contributed by atoms with Crippen LogP contribution >= 0.6 is 0 Å². The second-order valence-electron chi connectivity index (χ2n) is 6.23. The maximum atomic E-state index is 12.4. The van der Waals surface area contributed by atoms with Gasteiger partial charge in [0.25, 0.3) is 0 Å². The lowest BCUT2D eigenvalue weighted by atomic mass is 10.1. The van der Waals surface area contributed by atoms with E-state index < -0.39 is 5.97 Å². The first kappa shape index (κ1) is 16.2. The van der Waals surface area contributed by atoms with Gasteiger partial charge in [0.2, 0.25) is 5.82 Å². The molecule has 0 bridgehead atoms. The van der Waals surface area contributed by atoms with Crippen LogP contribution in [0.15, 0.2) is 72.9 Å². The second kappa shape index (κ2) is 6.31. The number of nitrogens with zero attached hydrogens (tertiary/aromatic N) is 5. The number of aromatic nitrogens is 5. The Kier molecular flexibility index (Phi) is 3.65. The molecule has 28 heavy (non-hydrogen) atoms. The van der Waals surface area contributed by atoms with Crippen LogP contribution < -0.4 is 0 Å². The minimum atomic E-state index is -0.528. The van der Waals surface area contributed by atoms with Crippen LogP contribution in [0.2, 0.25) is 0 Å². The summed E-state index contributed by atoms with van der Waals surface area (Å²) in [6.07, 6.45) is 1.66. The Balaban J connectivity index is 1.82. The third-order valence-electron chi connectivity index (χ3n) is 4.56. The first-order valence-electron chi connectivity index (χ1n) is 8.72. The minimum Gasteiger partial charge on any atom is -0.463 e. The monoisotopic (exact) mass is 369 g/mol. The number of rotatable bonds is 3. The summed E-state index contributed by atoms with van der Waals surface area (Å²) < 4.78 is 8.37. The highest BCUT2D eigenvalue weighted by Gasteiger charge is 2.24. The van der Waals surface area contributed by atoms with Crippen LogP contribution in [0.4, 0.5) is 0 Å². The Morgan fingerprint density at radius 1 is 1.00 bits per heavy atom. The first-order valence-corrected chi connectivity index (χ1v) is 8.72.